The first-order valence-corrected chi connectivity index (χ1v) is 3.49. The molecule has 1 aliphatic heterocycles. The molecule has 8 heteroatoms. The molecule has 0 aromatic rings. The molecule has 0 aromatic carbocycles. The van der Waals surface area contributed by atoms with Crippen LogP contribution in [0.1, 0.15) is 0 Å². The fourth-order valence-electron chi connectivity index (χ4n) is 0.446. The summed E-state index contributed by atoms with van der Waals surface area (Å²) in [5.74, 6) is -3.67. The number of ether oxygens (including phenoxy) is 1. The minimum atomic E-state index is -1.26. The van der Waals surface area contributed by atoms with Crippen LogP contribution in [0.3, 0.4) is 0 Å². The number of carbonyl (C=O) groups excluding carboxylic acids is 2. The van der Waals surface area contributed by atoms with Crippen LogP contribution in [0, 0.1) is 0 Å². The third kappa shape index (κ3) is 9.61. The van der Waals surface area contributed by atoms with Crippen LogP contribution in [0.25, 0.3) is 0 Å². The minimum absolute atomic E-state index is 0. The number of carboxylic acids is 2. The van der Waals surface area contributed by atoms with E-state index in [4.69, 9.17) is 10.2 Å². The van der Waals surface area contributed by atoms with Crippen LogP contribution in [0.2, 0.25) is 0 Å². The van der Waals surface area contributed by atoms with Gasteiger partial charge in [0.05, 0.1) is 0 Å². The summed E-state index contributed by atoms with van der Waals surface area (Å²) in [5, 5.41) is 15.6. The average Bonchev–Trinajstić information content (AvgIpc) is 2.47. The van der Waals surface area contributed by atoms with Crippen LogP contribution in [0.5, 0.6) is 0 Å². The van der Waals surface area contributed by atoms with Crippen molar-refractivity contribution in [3.63, 3.8) is 0 Å². The summed E-state index contributed by atoms with van der Waals surface area (Å²) in [6.07, 6.45) is 3.29. The number of aliphatic carboxylic acids is 2. The van der Waals surface area contributed by atoms with Crippen molar-refractivity contribution in [1.29, 1.82) is 0 Å². The van der Waals surface area contributed by atoms with Crippen LogP contribution >= 0.6 is 0 Å². The van der Waals surface area contributed by atoms with Gasteiger partial charge in [0.15, 0.2) is 0 Å². The van der Waals surface area contributed by atoms with Gasteiger partial charge in [-0.15, -0.1) is 0 Å². The molecule has 0 atom stereocenters. The number of hydrogen-bond donors (Lipinski definition) is 2. The Morgan fingerprint density at radius 1 is 1.00 bits per heavy atom. The molecular formula is C8H8O8. The highest BCUT2D eigenvalue weighted by molar-refractivity contribution is 6.04. The summed E-state index contributed by atoms with van der Waals surface area (Å²) in [6, 6.07) is 0. The molecular weight excluding hydrogens is 224 g/mol. The van der Waals surface area contributed by atoms with Crippen molar-refractivity contribution >= 4 is 23.9 Å². The first-order chi connectivity index (χ1) is 6.91. The number of carboxylic acid groups (broad SMARTS) is 2. The Hall–Kier alpha value is -2.48. The van der Waals surface area contributed by atoms with Gasteiger partial charge in [0, 0.05) is 24.3 Å². The Balaban J connectivity index is 0. The molecule has 0 aromatic heterocycles. The van der Waals surface area contributed by atoms with E-state index in [9.17, 15) is 19.2 Å². The van der Waals surface area contributed by atoms with E-state index in [1.165, 1.54) is 0 Å². The molecule has 0 amide bonds. The second kappa shape index (κ2) is 7.88. The van der Waals surface area contributed by atoms with Crippen LogP contribution in [-0.4, -0.2) is 39.6 Å². The predicted molar refractivity (Wildman–Crippen MR) is 48.3 cm³/mol. The van der Waals surface area contributed by atoms with E-state index in [2.05, 4.69) is 4.74 Å². The topological polar surface area (TPSA) is 149 Å². The van der Waals surface area contributed by atoms with Crippen LogP contribution in [0.4, 0.5) is 0 Å². The summed E-state index contributed by atoms with van der Waals surface area (Å²) in [6.45, 7) is 0. The van der Waals surface area contributed by atoms with E-state index in [0.717, 1.165) is 12.2 Å². The molecule has 88 valence electrons. The number of cyclic esters (lactones) is 2. The van der Waals surface area contributed by atoms with Gasteiger partial charge in [0.2, 0.25) is 0 Å². The second-order valence-electron chi connectivity index (χ2n) is 2.08. The zero-order valence-electron chi connectivity index (χ0n) is 7.75. The number of hydrogen-bond acceptors (Lipinski definition) is 5. The van der Waals surface area contributed by atoms with E-state index in [-0.39, 0.29) is 5.48 Å². The van der Waals surface area contributed by atoms with Gasteiger partial charge < -0.3 is 20.4 Å². The highest BCUT2D eigenvalue weighted by Gasteiger charge is 2.10. The highest BCUT2D eigenvalue weighted by Crippen LogP contribution is 1.92. The maximum atomic E-state index is 9.92. The molecule has 0 saturated carbocycles. The number of rotatable bonds is 2. The molecule has 16 heavy (non-hydrogen) atoms. The summed E-state index contributed by atoms with van der Waals surface area (Å²) < 4.78 is 3.97. The van der Waals surface area contributed by atoms with Crippen LogP contribution in [-0.2, 0) is 23.9 Å². The summed E-state index contributed by atoms with van der Waals surface area (Å²) in [7, 11) is 0. The van der Waals surface area contributed by atoms with E-state index < -0.39 is 23.9 Å². The van der Waals surface area contributed by atoms with E-state index in [1.54, 1.807) is 0 Å². The van der Waals surface area contributed by atoms with Gasteiger partial charge in [0.25, 0.3) is 0 Å². The normalized spacial score (nSPS) is 12.5. The summed E-state index contributed by atoms with van der Waals surface area (Å²) in [4.78, 5) is 39.0. The first kappa shape index (κ1) is 16.0. The molecule has 1 aliphatic rings. The van der Waals surface area contributed by atoms with Gasteiger partial charge >= 0.3 is 23.9 Å². The Morgan fingerprint density at radius 2 is 1.31 bits per heavy atom. The van der Waals surface area contributed by atoms with Gasteiger partial charge in [0.1, 0.15) is 0 Å². The molecule has 0 saturated heterocycles. The summed E-state index contributed by atoms with van der Waals surface area (Å²) >= 11 is 0. The zero-order chi connectivity index (χ0) is 11.8. The number of esters is 2. The molecule has 1 rings (SSSR count). The molecule has 0 aliphatic carbocycles. The van der Waals surface area contributed by atoms with Gasteiger partial charge in [-0.25, -0.2) is 19.2 Å². The highest BCUT2D eigenvalue weighted by atomic mass is 16.6. The molecule has 0 unspecified atom stereocenters. The van der Waals surface area contributed by atoms with Gasteiger partial charge in [-0.2, -0.15) is 0 Å². The lowest BCUT2D eigenvalue weighted by molar-refractivity contribution is -0.150. The third-order valence-corrected chi connectivity index (χ3v) is 0.925. The maximum Gasteiger partial charge on any atom is 0.338 e. The van der Waals surface area contributed by atoms with Gasteiger partial charge in [-0.1, -0.05) is 0 Å². The molecule has 1 heterocycles. The van der Waals surface area contributed by atoms with Crippen molar-refractivity contribution in [2.24, 2.45) is 0 Å². The smallest absolute Gasteiger partial charge is 0.338 e. The maximum absolute atomic E-state index is 9.92. The first-order valence-electron chi connectivity index (χ1n) is 3.49. The lowest BCUT2D eigenvalue weighted by Crippen LogP contribution is -1.96. The molecule has 0 bridgehead atoms. The largest absolute Gasteiger partial charge is 0.478 e. The molecule has 4 N–H and O–H groups in total. The quantitative estimate of drug-likeness (QED) is 0.334. The Labute approximate surface area is 88.7 Å². The molecule has 0 radical (unpaired) electrons. The molecule has 0 spiro atoms. The second-order valence-corrected chi connectivity index (χ2v) is 2.08. The van der Waals surface area contributed by atoms with Crippen molar-refractivity contribution in [2.75, 3.05) is 0 Å². The van der Waals surface area contributed by atoms with Gasteiger partial charge in [-0.3, -0.25) is 0 Å². The van der Waals surface area contributed by atoms with Crippen molar-refractivity contribution < 1.29 is 39.6 Å². The average molecular weight is 232 g/mol. The standard InChI is InChI=1S/C4H4O4.C4H2O3.H2O/c5-3(6)1-2-4(7)8;5-3-1-2-4(6)7-3;/h1-2H,(H,5,6)(H,7,8);1-2H;1H2/b2-1-;;. The Bertz CT molecular complexity index is 319. The van der Waals surface area contributed by atoms with E-state index in [0.29, 0.717) is 12.2 Å². The van der Waals surface area contributed by atoms with Crippen molar-refractivity contribution in [2.45, 2.75) is 0 Å². The SMILES string of the molecule is O.O=C(O)/C=C\C(=O)O.O=C1C=CC(=O)O1. The number of carbonyl (C=O) groups is 4. The van der Waals surface area contributed by atoms with Crippen LogP contribution < -0.4 is 0 Å². The molecule has 0 fully saturated rings. The van der Waals surface area contributed by atoms with Gasteiger partial charge in [-0.05, 0) is 0 Å². The Morgan fingerprint density at radius 3 is 1.44 bits per heavy atom. The lowest BCUT2D eigenvalue weighted by Gasteiger charge is -1.80. The van der Waals surface area contributed by atoms with Crippen molar-refractivity contribution in [1.82, 2.24) is 0 Å². The third-order valence-electron chi connectivity index (χ3n) is 0.925. The zero-order valence-corrected chi connectivity index (χ0v) is 7.75. The minimum Gasteiger partial charge on any atom is -0.478 e. The van der Waals surface area contributed by atoms with Crippen LogP contribution in [0.15, 0.2) is 24.3 Å². The fraction of sp³-hybridized carbons (Fsp3) is 0. The summed E-state index contributed by atoms with van der Waals surface area (Å²) in [5.41, 5.74) is 0. The van der Waals surface area contributed by atoms with Crippen molar-refractivity contribution in [3.05, 3.63) is 24.3 Å². The Kier molecular flexibility index (Phi) is 7.87. The van der Waals surface area contributed by atoms with Crippen molar-refractivity contribution in [3.8, 4) is 0 Å². The fourth-order valence-corrected chi connectivity index (χ4v) is 0.446. The van der Waals surface area contributed by atoms with E-state index >= 15 is 0 Å². The monoisotopic (exact) mass is 232 g/mol. The predicted octanol–water partition coefficient (Wildman–Crippen LogP) is -1.49. The lowest BCUT2D eigenvalue weighted by atomic mass is 10.5. The van der Waals surface area contributed by atoms with E-state index in [1.807, 2.05) is 0 Å². The molecule has 8 nitrogen and oxygen atoms in total.